The minimum Gasteiger partial charge on any atom is -0.478 e. The largest absolute Gasteiger partial charge is 0.478 e. The number of benzene rings is 2. The molecule has 18 heavy (non-hydrogen) atoms. The van der Waals surface area contributed by atoms with Crippen LogP contribution >= 0.6 is 11.6 Å². The van der Waals surface area contributed by atoms with Gasteiger partial charge in [-0.25, -0.2) is 4.79 Å². The van der Waals surface area contributed by atoms with Gasteiger partial charge in [0.2, 0.25) is 0 Å². The first-order valence-corrected chi connectivity index (χ1v) is 5.97. The Morgan fingerprint density at radius 3 is 1.94 bits per heavy atom. The van der Waals surface area contributed by atoms with Gasteiger partial charge >= 0.3 is 5.97 Å². The molecular weight excluding hydrogens is 248 g/mol. The summed E-state index contributed by atoms with van der Waals surface area (Å²) in [6.07, 6.45) is 0. The molecule has 0 heterocycles. The number of rotatable bonds is 2. The zero-order valence-electron chi connectivity index (χ0n) is 10.2. The van der Waals surface area contributed by atoms with E-state index in [1.54, 1.807) is 0 Å². The molecule has 0 bridgehead atoms. The van der Waals surface area contributed by atoms with Crippen molar-refractivity contribution in [2.45, 2.75) is 13.8 Å². The van der Waals surface area contributed by atoms with Crippen molar-refractivity contribution in [3.63, 3.8) is 0 Å². The highest BCUT2D eigenvalue weighted by molar-refractivity contribution is 6.30. The summed E-state index contributed by atoms with van der Waals surface area (Å²) in [5.41, 5.74) is 3.96. The summed E-state index contributed by atoms with van der Waals surface area (Å²) in [6.45, 7) is 3.63. The summed E-state index contributed by atoms with van der Waals surface area (Å²) >= 11 is 5.85. The Morgan fingerprint density at radius 2 is 1.50 bits per heavy atom. The van der Waals surface area contributed by atoms with Crippen molar-refractivity contribution >= 4 is 17.6 Å². The van der Waals surface area contributed by atoms with E-state index in [-0.39, 0.29) is 0 Å². The van der Waals surface area contributed by atoms with Crippen molar-refractivity contribution in [2.24, 2.45) is 0 Å². The van der Waals surface area contributed by atoms with E-state index in [9.17, 15) is 4.79 Å². The second-order valence-electron chi connectivity index (χ2n) is 4.30. The lowest BCUT2D eigenvalue weighted by molar-refractivity contribution is 0.0695. The number of halogens is 1. The van der Waals surface area contributed by atoms with Gasteiger partial charge in [-0.05, 0) is 48.2 Å². The summed E-state index contributed by atoms with van der Waals surface area (Å²) < 4.78 is 0. The smallest absolute Gasteiger partial charge is 0.336 e. The normalized spacial score (nSPS) is 10.4. The summed E-state index contributed by atoms with van der Waals surface area (Å²) in [4.78, 5) is 11.1. The first-order chi connectivity index (χ1) is 8.49. The molecule has 0 aliphatic heterocycles. The van der Waals surface area contributed by atoms with Gasteiger partial charge in [-0.2, -0.15) is 0 Å². The van der Waals surface area contributed by atoms with Gasteiger partial charge in [-0.15, -0.1) is 0 Å². The van der Waals surface area contributed by atoms with Crippen LogP contribution in [-0.4, -0.2) is 11.1 Å². The van der Waals surface area contributed by atoms with E-state index in [4.69, 9.17) is 16.7 Å². The molecule has 0 aromatic heterocycles. The SMILES string of the molecule is Cc1cc(-c2ccc(Cl)cc2)cc(C)c1C(=O)O. The molecule has 0 radical (unpaired) electrons. The molecule has 0 unspecified atom stereocenters. The Labute approximate surface area is 111 Å². The van der Waals surface area contributed by atoms with Crippen LogP contribution in [0.15, 0.2) is 36.4 Å². The summed E-state index contributed by atoms with van der Waals surface area (Å²) in [7, 11) is 0. The molecule has 0 atom stereocenters. The molecular formula is C15H13ClO2. The zero-order valence-corrected chi connectivity index (χ0v) is 11.0. The van der Waals surface area contributed by atoms with Crippen LogP contribution in [0.5, 0.6) is 0 Å². The minimum absolute atomic E-state index is 0.382. The molecule has 0 amide bonds. The fraction of sp³-hybridized carbons (Fsp3) is 0.133. The summed E-state index contributed by atoms with van der Waals surface area (Å²) in [5, 5.41) is 9.82. The third-order valence-electron chi connectivity index (χ3n) is 2.92. The standard InChI is InChI=1S/C15H13ClO2/c1-9-7-12(8-10(2)14(9)15(17)18)11-3-5-13(16)6-4-11/h3-8H,1-2H3,(H,17,18). The van der Waals surface area contributed by atoms with Gasteiger partial charge in [-0.3, -0.25) is 0 Å². The topological polar surface area (TPSA) is 37.3 Å². The maximum Gasteiger partial charge on any atom is 0.336 e. The predicted molar refractivity (Wildman–Crippen MR) is 73.3 cm³/mol. The van der Waals surface area contributed by atoms with E-state index in [1.807, 2.05) is 50.2 Å². The molecule has 0 spiro atoms. The third-order valence-corrected chi connectivity index (χ3v) is 3.18. The second kappa shape index (κ2) is 4.83. The molecule has 0 aliphatic rings. The van der Waals surface area contributed by atoms with E-state index >= 15 is 0 Å². The highest BCUT2D eigenvalue weighted by Crippen LogP contribution is 2.26. The molecule has 0 saturated heterocycles. The van der Waals surface area contributed by atoms with Gasteiger partial charge in [0, 0.05) is 5.02 Å². The highest BCUT2D eigenvalue weighted by atomic mass is 35.5. The van der Waals surface area contributed by atoms with Crippen LogP contribution < -0.4 is 0 Å². The van der Waals surface area contributed by atoms with Crippen molar-refractivity contribution < 1.29 is 9.90 Å². The van der Waals surface area contributed by atoms with Crippen molar-refractivity contribution in [2.75, 3.05) is 0 Å². The Kier molecular flexibility index (Phi) is 3.39. The lowest BCUT2D eigenvalue weighted by Gasteiger charge is -2.09. The highest BCUT2D eigenvalue weighted by Gasteiger charge is 2.12. The maximum absolute atomic E-state index is 11.1. The van der Waals surface area contributed by atoms with Gasteiger partial charge in [0.15, 0.2) is 0 Å². The third kappa shape index (κ3) is 2.39. The van der Waals surface area contributed by atoms with Crippen molar-refractivity contribution in [3.8, 4) is 11.1 Å². The average molecular weight is 261 g/mol. The Bertz CT molecular complexity index is 577. The van der Waals surface area contributed by atoms with Crippen molar-refractivity contribution in [1.82, 2.24) is 0 Å². The Hall–Kier alpha value is -1.80. The van der Waals surface area contributed by atoms with Crippen LogP contribution in [0.4, 0.5) is 0 Å². The fourth-order valence-corrected chi connectivity index (χ4v) is 2.24. The predicted octanol–water partition coefficient (Wildman–Crippen LogP) is 4.32. The first-order valence-electron chi connectivity index (χ1n) is 5.59. The van der Waals surface area contributed by atoms with E-state index in [2.05, 4.69) is 0 Å². The zero-order chi connectivity index (χ0) is 13.3. The van der Waals surface area contributed by atoms with E-state index in [0.29, 0.717) is 10.6 Å². The number of carboxylic acids is 1. The number of hydrogen-bond donors (Lipinski definition) is 1. The first kappa shape index (κ1) is 12.7. The van der Waals surface area contributed by atoms with Crippen LogP contribution in [0.1, 0.15) is 21.5 Å². The van der Waals surface area contributed by atoms with Crippen LogP contribution in [0.25, 0.3) is 11.1 Å². The number of aromatic carboxylic acids is 1. The van der Waals surface area contributed by atoms with Crippen LogP contribution in [-0.2, 0) is 0 Å². The van der Waals surface area contributed by atoms with Gasteiger partial charge < -0.3 is 5.11 Å². The van der Waals surface area contributed by atoms with Gasteiger partial charge in [0.25, 0.3) is 0 Å². The lowest BCUT2D eigenvalue weighted by atomic mass is 9.96. The quantitative estimate of drug-likeness (QED) is 0.873. The Balaban J connectivity index is 2.54. The van der Waals surface area contributed by atoms with Crippen LogP contribution in [0, 0.1) is 13.8 Å². The fourth-order valence-electron chi connectivity index (χ4n) is 2.11. The van der Waals surface area contributed by atoms with Crippen LogP contribution in [0.2, 0.25) is 5.02 Å². The summed E-state index contributed by atoms with van der Waals surface area (Å²) in [5.74, 6) is -0.882. The molecule has 0 aliphatic carbocycles. The molecule has 92 valence electrons. The van der Waals surface area contributed by atoms with Crippen molar-refractivity contribution in [1.29, 1.82) is 0 Å². The molecule has 3 heteroatoms. The van der Waals surface area contributed by atoms with E-state index < -0.39 is 5.97 Å². The molecule has 0 saturated carbocycles. The van der Waals surface area contributed by atoms with Gasteiger partial charge in [-0.1, -0.05) is 35.9 Å². The molecule has 2 aromatic carbocycles. The lowest BCUT2D eigenvalue weighted by Crippen LogP contribution is -2.03. The average Bonchev–Trinajstić information content (AvgIpc) is 2.28. The molecule has 1 N–H and O–H groups in total. The van der Waals surface area contributed by atoms with Gasteiger partial charge in [0.05, 0.1) is 5.56 Å². The molecule has 0 fully saturated rings. The maximum atomic E-state index is 11.1. The molecule has 2 nitrogen and oxygen atoms in total. The number of carboxylic acid groups (broad SMARTS) is 1. The van der Waals surface area contributed by atoms with E-state index in [0.717, 1.165) is 22.3 Å². The minimum atomic E-state index is -0.882. The summed E-state index contributed by atoms with van der Waals surface area (Å²) in [6, 6.07) is 11.3. The van der Waals surface area contributed by atoms with Gasteiger partial charge in [0.1, 0.15) is 0 Å². The van der Waals surface area contributed by atoms with Crippen LogP contribution in [0.3, 0.4) is 0 Å². The monoisotopic (exact) mass is 260 g/mol. The second-order valence-corrected chi connectivity index (χ2v) is 4.73. The molecule has 2 rings (SSSR count). The Morgan fingerprint density at radius 1 is 1.00 bits per heavy atom. The number of aryl methyl sites for hydroxylation is 2. The van der Waals surface area contributed by atoms with Crippen molar-refractivity contribution in [3.05, 3.63) is 58.1 Å². The number of carbonyl (C=O) groups is 1. The molecule has 2 aromatic rings. The number of hydrogen-bond acceptors (Lipinski definition) is 1. The van der Waals surface area contributed by atoms with E-state index in [1.165, 1.54) is 0 Å².